The first-order chi connectivity index (χ1) is 8.67. The molecule has 1 unspecified atom stereocenters. The second-order valence-corrected chi connectivity index (χ2v) is 4.01. The van der Waals surface area contributed by atoms with Gasteiger partial charge in [-0.1, -0.05) is 6.92 Å². The molecule has 0 amide bonds. The number of aliphatic carboxylic acids is 1. The molecular weight excluding hydrogens is 234 g/mol. The highest BCUT2D eigenvalue weighted by atomic mass is 16.5. The first kappa shape index (κ1) is 14.5. The van der Waals surface area contributed by atoms with Crippen molar-refractivity contribution in [2.24, 2.45) is 0 Å². The van der Waals surface area contributed by atoms with Gasteiger partial charge in [-0.05, 0) is 26.3 Å². The average Bonchev–Trinajstić information content (AvgIpc) is 2.77. The summed E-state index contributed by atoms with van der Waals surface area (Å²) in [6.07, 6.45) is 4.84. The fourth-order valence-electron chi connectivity index (χ4n) is 1.60. The van der Waals surface area contributed by atoms with E-state index in [2.05, 4.69) is 10.4 Å². The Kier molecular flexibility index (Phi) is 6.21. The van der Waals surface area contributed by atoms with E-state index in [-0.39, 0.29) is 0 Å². The minimum atomic E-state index is -0.819. The highest BCUT2D eigenvalue weighted by molar-refractivity contribution is 5.73. The van der Waals surface area contributed by atoms with Crippen LogP contribution >= 0.6 is 0 Å². The minimum absolute atomic E-state index is 0.503. The number of rotatable bonds is 9. The Labute approximate surface area is 107 Å². The Bertz CT molecular complexity index is 365. The van der Waals surface area contributed by atoms with E-state index < -0.39 is 12.0 Å². The van der Waals surface area contributed by atoms with Crippen molar-refractivity contribution < 1.29 is 14.6 Å². The topological polar surface area (TPSA) is 76.4 Å². The molecule has 1 atom stereocenters. The fourth-order valence-corrected chi connectivity index (χ4v) is 1.60. The molecule has 0 aliphatic heterocycles. The molecular formula is C12H21N3O3. The molecule has 0 radical (unpaired) electrons. The minimum Gasteiger partial charge on any atom is -0.491 e. The Balaban J connectivity index is 2.42. The first-order valence-corrected chi connectivity index (χ1v) is 6.28. The average molecular weight is 255 g/mol. The van der Waals surface area contributed by atoms with Crippen LogP contribution in [0.2, 0.25) is 0 Å². The van der Waals surface area contributed by atoms with Crippen LogP contribution in [0.15, 0.2) is 12.4 Å². The molecule has 2 N–H and O–H groups in total. The molecule has 0 saturated heterocycles. The summed E-state index contributed by atoms with van der Waals surface area (Å²) in [5, 5.41) is 16.2. The maximum Gasteiger partial charge on any atom is 0.320 e. The van der Waals surface area contributed by atoms with Gasteiger partial charge in [0.1, 0.15) is 6.04 Å². The molecule has 0 aliphatic carbocycles. The van der Waals surface area contributed by atoms with Crippen LogP contribution in [0.1, 0.15) is 26.7 Å². The molecule has 102 valence electrons. The van der Waals surface area contributed by atoms with Crippen LogP contribution in [-0.4, -0.2) is 40.0 Å². The normalized spacial score (nSPS) is 12.3. The number of carbonyl (C=O) groups is 1. The predicted octanol–water partition coefficient (Wildman–Crippen LogP) is 1.12. The molecule has 0 saturated carbocycles. The largest absolute Gasteiger partial charge is 0.491 e. The fraction of sp³-hybridized carbons (Fsp3) is 0.667. The molecule has 18 heavy (non-hydrogen) atoms. The van der Waals surface area contributed by atoms with Gasteiger partial charge in [0.05, 0.1) is 19.0 Å². The smallest absolute Gasteiger partial charge is 0.320 e. The van der Waals surface area contributed by atoms with Crippen LogP contribution < -0.4 is 10.1 Å². The summed E-state index contributed by atoms with van der Waals surface area (Å²) in [4.78, 5) is 11.0. The zero-order valence-corrected chi connectivity index (χ0v) is 10.9. The quantitative estimate of drug-likeness (QED) is 0.691. The molecule has 6 heteroatoms. The number of carboxylic acid groups (broad SMARTS) is 1. The van der Waals surface area contributed by atoms with Crippen molar-refractivity contribution in [2.75, 3.05) is 13.2 Å². The van der Waals surface area contributed by atoms with Crippen molar-refractivity contribution in [1.29, 1.82) is 0 Å². The summed E-state index contributed by atoms with van der Waals surface area (Å²) in [7, 11) is 0. The van der Waals surface area contributed by atoms with Crippen LogP contribution in [0, 0.1) is 0 Å². The van der Waals surface area contributed by atoms with Gasteiger partial charge in [0.25, 0.3) is 0 Å². The zero-order chi connectivity index (χ0) is 13.4. The first-order valence-electron chi connectivity index (χ1n) is 6.28. The molecule has 0 aliphatic rings. The lowest BCUT2D eigenvalue weighted by Crippen LogP contribution is -2.37. The van der Waals surface area contributed by atoms with Crippen LogP contribution in [-0.2, 0) is 11.3 Å². The molecule has 0 spiro atoms. The maximum atomic E-state index is 11.0. The van der Waals surface area contributed by atoms with Crippen molar-refractivity contribution in [3.63, 3.8) is 0 Å². The number of hydrogen-bond donors (Lipinski definition) is 2. The molecule has 1 heterocycles. The van der Waals surface area contributed by atoms with Gasteiger partial charge in [-0.25, -0.2) is 0 Å². The summed E-state index contributed by atoms with van der Waals surface area (Å²) >= 11 is 0. The lowest BCUT2D eigenvalue weighted by Gasteiger charge is -2.13. The number of nitrogens with zero attached hydrogens (tertiary/aromatic N) is 2. The number of carboxylic acids is 1. The van der Waals surface area contributed by atoms with E-state index in [1.807, 2.05) is 13.8 Å². The highest BCUT2D eigenvalue weighted by Gasteiger charge is 2.16. The van der Waals surface area contributed by atoms with Crippen molar-refractivity contribution in [2.45, 2.75) is 39.3 Å². The number of hydrogen-bond acceptors (Lipinski definition) is 4. The number of aryl methyl sites for hydroxylation is 1. The van der Waals surface area contributed by atoms with Gasteiger partial charge in [0.2, 0.25) is 0 Å². The van der Waals surface area contributed by atoms with E-state index in [0.717, 1.165) is 6.42 Å². The van der Waals surface area contributed by atoms with E-state index >= 15 is 0 Å². The lowest BCUT2D eigenvalue weighted by molar-refractivity contribution is -0.139. The lowest BCUT2D eigenvalue weighted by atomic mass is 10.2. The molecule has 6 nitrogen and oxygen atoms in total. The second kappa shape index (κ2) is 7.71. The summed E-state index contributed by atoms with van der Waals surface area (Å²) in [6, 6.07) is -0.523. The third-order valence-corrected chi connectivity index (χ3v) is 2.51. The zero-order valence-electron chi connectivity index (χ0n) is 10.9. The predicted molar refractivity (Wildman–Crippen MR) is 67.7 cm³/mol. The molecule has 1 aromatic heterocycles. The second-order valence-electron chi connectivity index (χ2n) is 4.01. The Morgan fingerprint density at radius 1 is 1.61 bits per heavy atom. The summed E-state index contributed by atoms with van der Waals surface area (Å²) in [5.74, 6) is -0.105. The summed E-state index contributed by atoms with van der Waals surface area (Å²) < 4.78 is 6.99. The summed E-state index contributed by atoms with van der Waals surface area (Å²) in [6.45, 7) is 5.78. The van der Waals surface area contributed by atoms with E-state index in [1.165, 1.54) is 0 Å². The van der Waals surface area contributed by atoms with E-state index in [9.17, 15) is 4.79 Å². The molecule has 1 aromatic rings. The Morgan fingerprint density at radius 2 is 2.39 bits per heavy atom. The number of nitrogens with one attached hydrogen (secondary N) is 1. The third-order valence-electron chi connectivity index (χ3n) is 2.51. The van der Waals surface area contributed by atoms with Crippen molar-refractivity contribution >= 4 is 5.97 Å². The van der Waals surface area contributed by atoms with Crippen LogP contribution in [0.3, 0.4) is 0 Å². The van der Waals surface area contributed by atoms with E-state index in [0.29, 0.717) is 31.9 Å². The third kappa shape index (κ3) is 4.75. The maximum absolute atomic E-state index is 11.0. The molecule has 0 bridgehead atoms. The van der Waals surface area contributed by atoms with Gasteiger partial charge in [0, 0.05) is 6.54 Å². The standard InChI is InChI=1S/C12H21N3O3/c1-3-6-13-11(12(16)17)5-7-15-9-10(8-14-15)18-4-2/h8-9,11,13H,3-7H2,1-2H3,(H,16,17). The van der Waals surface area contributed by atoms with Gasteiger partial charge in [-0.2, -0.15) is 5.10 Å². The summed E-state index contributed by atoms with van der Waals surface area (Å²) in [5.41, 5.74) is 0. The van der Waals surface area contributed by atoms with Gasteiger partial charge >= 0.3 is 5.97 Å². The van der Waals surface area contributed by atoms with Crippen LogP contribution in [0.25, 0.3) is 0 Å². The number of aromatic nitrogens is 2. The highest BCUT2D eigenvalue weighted by Crippen LogP contribution is 2.08. The van der Waals surface area contributed by atoms with Gasteiger partial charge in [-0.15, -0.1) is 0 Å². The van der Waals surface area contributed by atoms with E-state index in [1.54, 1.807) is 17.1 Å². The molecule has 0 aromatic carbocycles. The van der Waals surface area contributed by atoms with Gasteiger partial charge < -0.3 is 15.2 Å². The Hall–Kier alpha value is -1.56. The Morgan fingerprint density at radius 3 is 3.00 bits per heavy atom. The molecule has 0 fully saturated rings. The van der Waals surface area contributed by atoms with Gasteiger partial charge in [0.15, 0.2) is 5.75 Å². The van der Waals surface area contributed by atoms with Crippen molar-refractivity contribution in [3.8, 4) is 5.75 Å². The monoisotopic (exact) mass is 255 g/mol. The number of ether oxygens (including phenoxy) is 1. The van der Waals surface area contributed by atoms with Crippen LogP contribution in [0.5, 0.6) is 5.75 Å². The van der Waals surface area contributed by atoms with Crippen molar-refractivity contribution in [1.82, 2.24) is 15.1 Å². The van der Waals surface area contributed by atoms with E-state index in [4.69, 9.17) is 9.84 Å². The van der Waals surface area contributed by atoms with Crippen molar-refractivity contribution in [3.05, 3.63) is 12.4 Å². The SMILES string of the molecule is CCCNC(CCn1cc(OCC)cn1)C(=O)O. The van der Waals surface area contributed by atoms with Crippen LogP contribution in [0.4, 0.5) is 0 Å². The molecule has 1 rings (SSSR count). The van der Waals surface area contributed by atoms with Gasteiger partial charge in [-0.3, -0.25) is 9.48 Å².